The molecule has 1 aliphatic carbocycles. The quantitative estimate of drug-likeness (QED) is 0.925. The molecule has 3 unspecified atom stereocenters. The normalized spacial score (nSPS) is 29.9. The van der Waals surface area contributed by atoms with Gasteiger partial charge in [0.05, 0.1) is 6.54 Å². The first-order valence-electron chi connectivity index (χ1n) is 8.34. The Labute approximate surface area is 127 Å². The number of nitrogens with zero attached hydrogens (tertiary/aromatic N) is 1. The Kier molecular flexibility index (Phi) is 4.29. The lowest BCUT2D eigenvalue weighted by Crippen LogP contribution is -2.44. The van der Waals surface area contributed by atoms with Crippen LogP contribution in [0, 0.1) is 5.92 Å². The Morgan fingerprint density at radius 2 is 1.90 bits per heavy atom. The summed E-state index contributed by atoms with van der Waals surface area (Å²) in [5, 5.41) is 3.40. The van der Waals surface area contributed by atoms with Gasteiger partial charge in [-0.15, -0.1) is 0 Å². The van der Waals surface area contributed by atoms with Gasteiger partial charge in [-0.25, -0.2) is 0 Å². The summed E-state index contributed by atoms with van der Waals surface area (Å²) in [7, 11) is 0. The molecule has 1 saturated carbocycles. The van der Waals surface area contributed by atoms with E-state index < -0.39 is 0 Å². The topological polar surface area (TPSA) is 32.3 Å². The lowest BCUT2D eigenvalue weighted by atomic mass is 9.84. The van der Waals surface area contributed by atoms with Crippen LogP contribution in [-0.2, 0) is 11.2 Å². The average molecular weight is 286 g/mol. The van der Waals surface area contributed by atoms with Crippen LogP contribution in [0.5, 0.6) is 0 Å². The van der Waals surface area contributed by atoms with Gasteiger partial charge in [0.25, 0.3) is 0 Å². The summed E-state index contributed by atoms with van der Waals surface area (Å²) in [5.74, 6) is 0.873. The molecule has 3 atom stereocenters. The fourth-order valence-corrected chi connectivity index (χ4v) is 3.82. The van der Waals surface area contributed by atoms with E-state index in [-0.39, 0.29) is 12.1 Å². The summed E-state index contributed by atoms with van der Waals surface area (Å²) < 4.78 is 0. The number of carbonyl (C=O) groups excluding carboxylic acids is 1. The Hall–Kier alpha value is -1.35. The van der Waals surface area contributed by atoms with Gasteiger partial charge in [-0.1, -0.05) is 51.0 Å². The highest BCUT2D eigenvalue weighted by molar-refractivity contribution is 5.81. The monoisotopic (exact) mass is 286 g/mol. The maximum atomic E-state index is 12.4. The van der Waals surface area contributed by atoms with Gasteiger partial charge < -0.3 is 4.90 Å². The Bertz CT molecular complexity index is 496. The first-order valence-corrected chi connectivity index (χ1v) is 8.34. The summed E-state index contributed by atoms with van der Waals surface area (Å²) in [4.78, 5) is 14.5. The van der Waals surface area contributed by atoms with E-state index in [1.807, 2.05) is 0 Å². The van der Waals surface area contributed by atoms with Crippen molar-refractivity contribution in [2.75, 3.05) is 6.54 Å². The molecule has 1 saturated heterocycles. The van der Waals surface area contributed by atoms with Crippen molar-refractivity contribution in [1.29, 1.82) is 0 Å². The molecule has 0 bridgehead atoms. The number of benzene rings is 1. The molecule has 114 valence electrons. The number of nitrogens with one attached hydrogen (secondary N) is 1. The third kappa shape index (κ3) is 2.84. The van der Waals surface area contributed by atoms with E-state index in [1.165, 1.54) is 30.4 Å². The molecule has 3 rings (SSSR count). The van der Waals surface area contributed by atoms with E-state index >= 15 is 0 Å². The minimum atomic E-state index is 0.0638. The van der Waals surface area contributed by atoms with Gasteiger partial charge in [0, 0.05) is 6.04 Å². The van der Waals surface area contributed by atoms with Crippen LogP contribution >= 0.6 is 0 Å². The van der Waals surface area contributed by atoms with E-state index in [0.717, 1.165) is 12.8 Å². The number of carbonyl (C=O) groups is 1. The molecule has 21 heavy (non-hydrogen) atoms. The van der Waals surface area contributed by atoms with Crippen LogP contribution in [0.1, 0.15) is 56.8 Å². The third-order valence-corrected chi connectivity index (χ3v) is 5.14. The van der Waals surface area contributed by atoms with E-state index in [2.05, 4.69) is 48.3 Å². The average Bonchev–Trinajstić information content (AvgIpc) is 2.89. The van der Waals surface area contributed by atoms with Crippen LogP contribution in [0.25, 0.3) is 0 Å². The Morgan fingerprint density at radius 3 is 2.57 bits per heavy atom. The first-order chi connectivity index (χ1) is 10.2. The number of hydrogen-bond donors (Lipinski definition) is 1. The molecular formula is C18H26N2O. The fraction of sp³-hybridized carbons (Fsp3) is 0.611. The van der Waals surface area contributed by atoms with Gasteiger partial charge in [-0.3, -0.25) is 10.1 Å². The number of hydrogen-bond acceptors (Lipinski definition) is 2. The van der Waals surface area contributed by atoms with E-state index in [0.29, 0.717) is 18.5 Å². The first kappa shape index (κ1) is 14.6. The maximum Gasteiger partial charge on any atom is 0.238 e. The van der Waals surface area contributed by atoms with Gasteiger partial charge in [-0.2, -0.15) is 0 Å². The number of aryl methyl sites for hydroxylation is 1. The van der Waals surface area contributed by atoms with E-state index in [4.69, 9.17) is 0 Å². The summed E-state index contributed by atoms with van der Waals surface area (Å²) in [6.07, 6.45) is 6.08. The van der Waals surface area contributed by atoms with Crippen LogP contribution < -0.4 is 5.32 Å². The number of rotatable bonds is 3. The predicted molar refractivity (Wildman–Crippen MR) is 84.8 cm³/mol. The molecule has 3 heteroatoms. The zero-order chi connectivity index (χ0) is 14.8. The second-order valence-corrected chi connectivity index (χ2v) is 6.51. The van der Waals surface area contributed by atoms with Crippen LogP contribution in [0.15, 0.2) is 24.3 Å². The molecule has 2 fully saturated rings. The Balaban J connectivity index is 1.84. The van der Waals surface area contributed by atoms with Crippen molar-refractivity contribution >= 4 is 5.91 Å². The number of amides is 1. The van der Waals surface area contributed by atoms with Crippen molar-refractivity contribution in [2.45, 2.75) is 58.2 Å². The Morgan fingerprint density at radius 1 is 1.19 bits per heavy atom. The lowest BCUT2D eigenvalue weighted by Gasteiger charge is -2.39. The van der Waals surface area contributed by atoms with Gasteiger partial charge in [-0.05, 0) is 36.3 Å². The van der Waals surface area contributed by atoms with Crippen molar-refractivity contribution in [1.82, 2.24) is 10.2 Å². The van der Waals surface area contributed by atoms with Crippen molar-refractivity contribution in [3.63, 3.8) is 0 Å². The van der Waals surface area contributed by atoms with Gasteiger partial charge in [0.1, 0.15) is 6.17 Å². The minimum Gasteiger partial charge on any atom is -0.319 e. The molecule has 1 aromatic rings. The van der Waals surface area contributed by atoms with Gasteiger partial charge >= 0.3 is 0 Å². The predicted octanol–water partition coefficient (Wildman–Crippen LogP) is 3.26. The molecule has 1 aromatic carbocycles. The standard InChI is InChI=1S/C18H26N2O/c1-3-14-8-10-15(11-9-14)18-19-12-17(21)20(18)16-7-5-4-6-13(16)2/h8-11,13,16,18-19H,3-7,12H2,1-2H3. The zero-order valence-corrected chi connectivity index (χ0v) is 13.1. The fourth-order valence-electron chi connectivity index (χ4n) is 3.82. The summed E-state index contributed by atoms with van der Waals surface area (Å²) in [6.45, 7) is 4.94. The molecular weight excluding hydrogens is 260 g/mol. The molecule has 2 aliphatic rings. The maximum absolute atomic E-state index is 12.4. The summed E-state index contributed by atoms with van der Waals surface area (Å²) in [6, 6.07) is 9.12. The molecule has 3 nitrogen and oxygen atoms in total. The molecule has 1 N–H and O–H groups in total. The van der Waals surface area contributed by atoms with Crippen LogP contribution in [0.4, 0.5) is 0 Å². The smallest absolute Gasteiger partial charge is 0.238 e. The molecule has 1 amide bonds. The van der Waals surface area contributed by atoms with E-state index in [1.54, 1.807) is 0 Å². The van der Waals surface area contributed by atoms with Crippen molar-refractivity contribution < 1.29 is 4.79 Å². The zero-order valence-electron chi connectivity index (χ0n) is 13.1. The summed E-state index contributed by atoms with van der Waals surface area (Å²) >= 11 is 0. The second kappa shape index (κ2) is 6.18. The van der Waals surface area contributed by atoms with Gasteiger partial charge in [0.2, 0.25) is 5.91 Å². The van der Waals surface area contributed by atoms with Crippen LogP contribution in [-0.4, -0.2) is 23.4 Å². The molecule has 0 spiro atoms. The largest absolute Gasteiger partial charge is 0.319 e. The molecule has 1 aliphatic heterocycles. The van der Waals surface area contributed by atoms with E-state index in [9.17, 15) is 4.79 Å². The highest BCUT2D eigenvalue weighted by Crippen LogP contribution is 2.34. The lowest BCUT2D eigenvalue weighted by molar-refractivity contribution is -0.132. The highest BCUT2D eigenvalue weighted by atomic mass is 16.2. The SMILES string of the molecule is CCc1ccc(C2NCC(=O)N2C2CCCCC2C)cc1. The second-order valence-electron chi connectivity index (χ2n) is 6.51. The molecule has 0 radical (unpaired) electrons. The summed E-state index contributed by atoms with van der Waals surface area (Å²) in [5.41, 5.74) is 2.57. The third-order valence-electron chi connectivity index (χ3n) is 5.14. The van der Waals surface area contributed by atoms with Crippen LogP contribution in [0.3, 0.4) is 0 Å². The highest BCUT2D eigenvalue weighted by Gasteiger charge is 2.39. The van der Waals surface area contributed by atoms with Crippen molar-refractivity contribution in [3.8, 4) is 0 Å². The molecule has 1 heterocycles. The van der Waals surface area contributed by atoms with Gasteiger partial charge in [0.15, 0.2) is 0 Å². The van der Waals surface area contributed by atoms with Crippen molar-refractivity contribution in [2.24, 2.45) is 5.92 Å². The molecule has 0 aromatic heterocycles. The van der Waals surface area contributed by atoms with Crippen molar-refractivity contribution in [3.05, 3.63) is 35.4 Å². The minimum absolute atomic E-state index is 0.0638. The van der Waals surface area contributed by atoms with Crippen LogP contribution in [0.2, 0.25) is 0 Å².